The van der Waals surface area contributed by atoms with Crippen molar-refractivity contribution in [3.8, 4) is 0 Å². The molecule has 0 radical (unpaired) electrons. The molecule has 0 unspecified atom stereocenters. The van der Waals surface area contributed by atoms with Gasteiger partial charge in [0.15, 0.2) is 0 Å². The van der Waals surface area contributed by atoms with Crippen molar-refractivity contribution in [2.24, 2.45) is 0 Å². The van der Waals surface area contributed by atoms with Gasteiger partial charge < -0.3 is 20.2 Å². The van der Waals surface area contributed by atoms with Crippen molar-refractivity contribution in [1.29, 1.82) is 0 Å². The molecule has 0 aliphatic heterocycles. The van der Waals surface area contributed by atoms with E-state index in [0.717, 1.165) is 35.6 Å². The lowest BCUT2D eigenvalue weighted by molar-refractivity contribution is -0.109. The third-order valence-corrected chi connectivity index (χ3v) is 5.42. The summed E-state index contributed by atoms with van der Waals surface area (Å²) in [6.45, 7) is 3.01. The first kappa shape index (κ1) is 30.2. The number of nitrogens with zero attached hydrogens (tertiary/aromatic N) is 5. The Kier molecular flexibility index (Phi) is 15.1. The van der Waals surface area contributed by atoms with Crippen molar-refractivity contribution in [2.45, 2.75) is 45.2 Å². The molecule has 2 aromatic heterocycles. The van der Waals surface area contributed by atoms with Crippen LogP contribution in [0.15, 0.2) is 36.7 Å². The van der Waals surface area contributed by atoms with E-state index in [2.05, 4.69) is 37.5 Å². The highest BCUT2D eigenvalue weighted by atomic mass is 35.5. The number of hydrogen-bond acceptors (Lipinski definition) is 8. The number of hydrogen-bond donors (Lipinski definition) is 2. The van der Waals surface area contributed by atoms with Gasteiger partial charge in [0.2, 0.25) is 0 Å². The Morgan fingerprint density at radius 2 is 1.83 bits per heavy atom. The highest BCUT2D eigenvalue weighted by Gasteiger charge is 2.20. The molecule has 0 spiro atoms. The van der Waals surface area contributed by atoms with Crippen molar-refractivity contribution >= 4 is 40.9 Å². The summed E-state index contributed by atoms with van der Waals surface area (Å²) >= 11 is 5.51. The molecule has 192 valence electrons. The van der Waals surface area contributed by atoms with Gasteiger partial charge in [-0.1, -0.05) is 43.1 Å². The smallest absolute Gasteiger partial charge is 0.149 e. The second-order valence-electron chi connectivity index (χ2n) is 7.83. The van der Waals surface area contributed by atoms with Crippen molar-refractivity contribution in [1.82, 2.24) is 30.0 Å². The monoisotopic (exact) mass is 503 g/mol. The van der Waals surface area contributed by atoms with Crippen LogP contribution in [0.25, 0.3) is 10.9 Å². The zero-order chi connectivity index (χ0) is 26.1. The summed E-state index contributed by atoms with van der Waals surface area (Å²) in [5, 5.41) is 11.5. The van der Waals surface area contributed by atoms with Crippen molar-refractivity contribution < 1.29 is 9.59 Å². The largest absolute Gasteiger partial charge is 0.372 e. The maximum Gasteiger partial charge on any atom is 0.149 e. The van der Waals surface area contributed by atoms with E-state index in [1.165, 1.54) is 25.5 Å². The zero-order valence-corrected chi connectivity index (χ0v) is 22.1. The average molecular weight is 504 g/mol. The number of aromatic nitrogens is 4. The van der Waals surface area contributed by atoms with Gasteiger partial charge in [-0.2, -0.15) is 5.10 Å². The van der Waals surface area contributed by atoms with E-state index in [1.54, 1.807) is 17.9 Å². The van der Waals surface area contributed by atoms with Gasteiger partial charge in [-0.05, 0) is 46.5 Å². The maximum atomic E-state index is 10.5. The van der Waals surface area contributed by atoms with Crippen LogP contribution in [-0.4, -0.2) is 78.0 Å². The number of para-hydroxylation sites is 1. The quantitative estimate of drug-likeness (QED) is 0.472. The number of carbonyl (C=O) groups is 2. The number of rotatable bonds is 7. The minimum Gasteiger partial charge on any atom is -0.372 e. The minimum absolute atomic E-state index is 0.334. The zero-order valence-electron chi connectivity index (χ0n) is 21.4. The molecule has 3 aromatic rings. The van der Waals surface area contributed by atoms with Crippen molar-refractivity contribution in [2.75, 3.05) is 40.1 Å². The summed E-state index contributed by atoms with van der Waals surface area (Å²) < 4.78 is 1.75. The molecule has 0 bridgehead atoms. The predicted molar refractivity (Wildman–Crippen MR) is 143 cm³/mol. The van der Waals surface area contributed by atoms with Gasteiger partial charge in [0.1, 0.15) is 23.5 Å². The number of benzene rings is 1. The standard InChI is InChI=1S/C11H12N2O.C7H13NO.C5H6ClN3.C2H7N/c1-2-10-9-5-3-4-6-11(9)13(12-10)7-8-14;1-8(5-6-9)7-3-2-4-7;1-7-5-3-8-2-4(6)9-5;1-3-2/h3-6,8H,2,7H2,1H3;6-7H,2-5H2,1H3;2-3H,1H3,(H,7,9);3H,1-2H3. The topological polar surface area (TPSA) is 105 Å². The van der Waals surface area contributed by atoms with Gasteiger partial charge in [-0.3, -0.25) is 14.6 Å². The summed E-state index contributed by atoms with van der Waals surface area (Å²) in [7, 11) is 7.53. The van der Waals surface area contributed by atoms with Crippen LogP contribution < -0.4 is 10.6 Å². The number of aldehydes is 2. The number of halogens is 1. The molecule has 2 heterocycles. The molecular weight excluding hydrogens is 466 g/mol. The SMILES string of the molecule is CCc1nn(CC=O)c2ccccc12.CN(CC=O)C1CCC1.CNC.CNc1cncc(Cl)n1. The van der Waals surface area contributed by atoms with Crippen LogP contribution in [0.3, 0.4) is 0 Å². The molecule has 0 saturated heterocycles. The van der Waals surface area contributed by atoms with Gasteiger partial charge in [0, 0.05) is 18.5 Å². The third-order valence-electron chi connectivity index (χ3n) is 5.24. The van der Waals surface area contributed by atoms with Crippen LogP contribution in [0.5, 0.6) is 0 Å². The van der Waals surface area contributed by atoms with E-state index in [9.17, 15) is 9.59 Å². The molecule has 1 aromatic carbocycles. The van der Waals surface area contributed by atoms with E-state index >= 15 is 0 Å². The minimum atomic E-state index is 0.334. The van der Waals surface area contributed by atoms with Gasteiger partial charge in [0.25, 0.3) is 0 Å². The van der Waals surface area contributed by atoms with Gasteiger partial charge in [0.05, 0.1) is 36.7 Å². The maximum absolute atomic E-state index is 10.5. The molecule has 1 fully saturated rings. The Hall–Kier alpha value is -2.88. The number of likely N-dealkylation sites (N-methyl/N-ethyl adjacent to an activating group) is 1. The molecule has 10 heteroatoms. The number of aryl methyl sites for hydroxylation is 1. The lowest BCUT2D eigenvalue weighted by atomic mass is 9.92. The number of carbonyl (C=O) groups excluding carboxylic acids is 2. The molecule has 1 aliphatic carbocycles. The summed E-state index contributed by atoms with van der Waals surface area (Å²) in [5.74, 6) is 0.683. The lowest BCUT2D eigenvalue weighted by Gasteiger charge is -2.33. The normalized spacial score (nSPS) is 12.2. The van der Waals surface area contributed by atoms with Crippen LogP contribution in [0.4, 0.5) is 5.82 Å². The molecule has 4 rings (SSSR count). The van der Waals surface area contributed by atoms with Gasteiger partial charge in [-0.25, -0.2) is 4.98 Å². The summed E-state index contributed by atoms with van der Waals surface area (Å²) in [6.07, 6.45) is 9.74. The van der Waals surface area contributed by atoms with Crippen LogP contribution >= 0.6 is 11.6 Å². The van der Waals surface area contributed by atoms with E-state index in [0.29, 0.717) is 30.1 Å². The molecule has 1 saturated carbocycles. The fraction of sp³-hybridized carbons (Fsp3) is 0.480. The molecule has 2 N–H and O–H groups in total. The van der Waals surface area contributed by atoms with E-state index in [1.807, 2.05) is 45.4 Å². The first-order valence-corrected chi connectivity index (χ1v) is 12.1. The Bertz CT molecular complexity index is 1010. The summed E-state index contributed by atoms with van der Waals surface area (Å²) in [6, 6.07) is 8.70. The Morgan fingerprint density at radius 1 is 1.14 bits per heavy atom. The van der Waals surface area contributed by atoms with Crippen molar-refractivity contribution in [3.05, 3.63) is 47.5 Å². The summed E-state index contributed by atoms with van der Waals surface area (Å²) in [4.78, 5) is 30.3. The predicted octanol–water partition coefficient (Wildman–Crippen LogP) is 3.47. The van der Waals surface area contributed by atoms with Crippen LogP contribution in [-0.2, 0) is 22.6 Å². The Morgan fingerprint density at radius 3 is 2.31 bits per heavy atom. The third kappa shape index (κ3) is 10.5. The second-order valence-corrected chi connectivity index (χ2v) is 8.22. The lowest BCUT2D eigenvalue weighted by Crippen LogP contribution is -2.38. The van der Waals surface area contributed by atoms with Crippen LogP contribution in [0, 0.1) is 0 Å². The van der Waals surface area contributed by atoms with Gasteiger partial charge in [-0.15, -0.1) is 0 Å². The number of fused-ring (bicyclic) bond motifs is 1. The first-order chi connectivity index (χ1) is 16.9. The average Bonchev–Trinajstić information content (AvgIpc) is 3.17. The molecule has 0 amide bonds. The van der Waals surface area contributed by atoms with Crippen LogP contribution in [0.2, 0.25) is 5.15 Å². The number of anilines is 1. The van der Waals surface area contributed by atoms with E-state index in [-0.39, 0.29) is 0 Å². The fourth-order valence-electron chi connectivity index (χ4n) is 3.22. The highest BCUT2D eigenvalue weighted by Crippen LogP contribution is 2.22. The number of nitrogens with one attached hydrogen (secondary N) is 2. The Labute approximate surface area is 213 Å². The molecule has 9 nitrogen and oxygen atoms in total. The van der Waals surface area contributed by atoms with E-state index in [4.69, 9.17) is 11.6 Å². The molecular formula is C25H38ClN7O2. The second kappa shape index (κ2) is 17.5. The molecule has 35 heavy (non-hydrogen) atoms. The van der Waals surface area contributed by atoms with Gasteiger partial charge >= 0.3 is 0 Å². The summed E-state index contributed by atoms with van der Waals surface area (Å²) in [5.41, 5.74) is 2.10. The Balaban J connectivity index is 0.000000257. The molecule has 0 atom stereocenters. The van der Waals surface area contributed by atoms with Crippen molar-refractivity contribution in [3.63, 3.8) is 0 Å². The fourth-order valence-corrected chi connectivity index (χ4v) is 3.37. The van der Waals surface area contributed by atoms with E-state index < -0.39 is 0 Å². The molecule has 1 aliphatic rings. The highest BCUT2D eigenvalue weighted by molar-refractivity contribution is 6.29. The van der Waals surface area contributed by atoms with Crippen LogP contribution in [0.1, 0.15) is 31.9 Å². The first-order valence-electron chi connectivity index (χ1n) is 11.7.